The molecule has 0 fully saturated rings. The molecule has 150 heavy (non-hydrogen) atoms. The van der Waals surface area contributed by atoms with E-state index in [1.807, 2.05) is 60.7 Å². The number of carbonyl (C=O) groups is 12. The zero-order valence-corrected chi connectivity index (χ0v) is 83.5. The Morgan fingerprint density at radius 3 is 0.880 bits per heavy atom. The molecule has 10 rings (SSSR count). The molecule has 10 aromatic carbocycles. The predicted octanol–water partition coefficient (Wildman–Crippen LogP) is 15.7. The van der Waals surface area contributed by atoms with Gasteiger partial charge in [0.25, 0.3) is 0 Å². The molecule has 48 heteroatoms. The van der Waals surface area contributed by atoms with Gasteiger partial charge in [0.1, 0.15) is 32.5 Å². The highest BCUT2D eigenvalue weighted by molar-refractivity contribution is 7.74. The van der Waals surface area contributed by atoms with Crippen molar-refractivity contribution in [1.82, 2.24) is 11.0 Å². The summed E-state index contributed by atoms with van der Waals surface area (Å²) in [5, 5.41) is 56.6. The molecule has 796 valence electrons. The molecule has 0 aliphatic rings. The fourth-order valence-electron chi connectivity index (χ4n) is 13.9. The average molecular weight is 2130 g/mol. The van der Waals surface area contributed by atoms with Crippen molar-refractivity contribution in [3.63, 3.8) is 0 Å². The molecule has 9 amide bonds. The number of aliphatic carboxylic acids is 1. The van der Waals surface area contributed by atoms with Crippen molar-refractivity contribution in [1.29, 1.82) is 0 Å². The summed E-state index contributed by atoms with van der Waals surface area (Å²) in [5.41, 5.74) is 14.4. The summed E-state index contributed by atoms with van der Waals surface area (Å²) in [4.78, 5) is 152. The number of carbonyl (C=O) groups excluding carboxylic acids is 11. The second-order valence-corrected chi connectivity index (χ2v) is 34.7. The third kappa shape index (κ3) is 46.5. The number of ether oxygens (including phenoxy) is 12. The number of anilines is 10. The molecule has 5 atom stereocenters. The zero-order chi connectivity index (χ0) is 107. The molecular weight excluding hydrogens is 2020 g/mol. The minimum atomic E-state index is -2.60. The van der Waals surface area contributed by atoms with Gasteiger partial charge in [-0.25, -0.2) is 47.9 Å². The number of esters is 2. The van der Waals surface area contributed by atoms with Crippen molar-refractivity contribution in [3.05, 3.63) is 298 Å². The minimum Gasteiger partial charge on any atom is -0.478 e. The van der Waals surface area contributed by atoms with E-state index >= 15 is 0 Å². The number of rotatable bonds is 58. The van der Waals surface area contributed by atoms with E-state index in [-0.39, 0.29) is 116 Å². The molecule has 45 nitrogen and oxygen atoms in total. The molecule has 5 unspecified atom stereocenters. The molecule has 10 aromatic rings. The number of aliphatic hydroxyl groups excluding tert-OH is 2. The summed E-state index contributed by atoms with van der Waals surface area (Å²) in [7, 11) is 3.33. The molecule has 0 aromatic heterocycles. The van der Waals surface area contributed by atoms with Crippen molar-refractivity contribution >= 4 is 167 Å². The Morgan fingerprint density at radius 2 is 0.567 bits per heavy atom. The number of nitrogens with one attached hydrogen (secondary N) is 12. The first kappa shape index (κ1) is 116. The first-order valence-corrected chi connectivity index (χ1v) is 49.2. The number of aliphatic hydroxyl groups is 2. The lowest BCUT2D eigenvalue weighted by Crippen LogP contribution is -2.46. The summed E-state index contributed by atoms with van der Waals surface area (Å²) in [5.74, 6) is -2.94. The van der Waals surface area contributed by atoms with Gasteiger partial charge in [0, 0.05) is 76.1 Å². The van der Waals surface area contributed by atoms with Gasteiger partial charge in [-0.15, -0.1) is 0 Å². The molecule has 0 heterocycles. The Bertz CT molecular complexity index is 6290. The van der Waals surface area contributed by atoms with Crippen molar-refractivity contribution in [2.75, 3.05) is 139 Å². The van der Waals surface area contributed by atoms with E-state index in [0.29, 0.717) is 102 Å². The molecule has 0 radical (unpaired) electrons. The maximum absolute atomic E-state index is 13.1. The van der Waals surface area contributed by atoms with Gasteiger partial charge in [0.05, 0.1) is 65.4 Å². The summed E-state index contributed by atoms with van der Waals surface area (Å²) >= 11 is -5.13. The van der Waals surface area contributed by atoms with Crippen LogP contribution in [0.2, 0.25) is 0 Å². The van der Waals surface area contributed by atoms with E-state index < -0.39 is 126 Å². The van der Waals surface area contributed by atoms with Crippen LogP contribution in [0.4, 0.5) is 100 Å². The van der Waals surface area contributed by atoms with Crippen LogP contribution in [0.25, 0.3) is 0 Å². The van der Waals surface area contributed by atoms with Gasteiger partial charge in [-0.1, -0.05) is 130 Å². The highest BCUT2D eigenvalue weighted by Gasteiger charge is 2.40. The Balaban J connectivity index is 0.512. The van der Waals surface area contributed by atoms with E-state index in [9.17, 15) is 81.3 Å². The van der Waals surface area contributed by atoms with Gasteiger partial charge in [-0.2, -0.15) is 27.9 Å². The quantitative estimate of drug-likeness (QED) is 0.00320. The average Bonchev–Trinajstić information content (AvgIpc) is 0.839. The van der Waals surface area contributed by atoms with Crippen molar-refractivity contribution in [2.45, 2.75) is 102 Å². The number of hydrogen-bond acceptors (Lipinski definition) is 32. The maximum Gasteiger partial charge on any atom is 0.419 e. The van der Waals surface area contributed by atoms with Crippen LogP contribution in [0, 0.1) is 0 Å². The smallest absolute Gasteiger partial charge is 0.419 e. The predicted molar refractivity (Wildman–Crippen MR) is 553 cm³/mol. The highest BCUT2D eigenvalue weighted by atomic mass is 32.2. The van der Waals surface area contributed by atoms with Crippen LogP contribution >= 0.6 is 8.86 Å². The second kappa shape index (κ2) is 62.9. The second-order valence-electron chi connectivity index (χ2n) is 33.0. The van der Waals surface area contributed by atoms with Crippen molar-refractivity contribution in [3.8, 4) is 0 Å². The summed E-state index contributed by atoms with van der Waals surface area (Å²) in [6, 6.07) is 69.8. The molecular formula is C102H113N12O33PS2. The van der Waals surface area contributed by atoms with E-state index in [1.54, 1.807) is 182 Å². The summed E-state index contributed by atoms with van der Waals surface area (Å²) in [6.07, 6.45) is -6.60. The molecule has 0 aliphatic heterocycles. The Kier molecular flexibility index (Phi) is 48.7. The van der Waals surface area contributed by atoms with Crippen LogP contribution in [0.5, 0.6) is 0 Å². The molecule has 0 aliphatic carbocycles. The van der Waals surface area contributed by atoms with E-state index in [4.69, 9.17) is 65.9 Å². The lowest BCUT2D eigenvalue weighted by Gasteiger charge is -2.24. The fraction of sp³-hybridized carbons (Fsp3) is 0.284. The van der Waals surface area contributed by atoms with Crippen molar-refractivity contribution in [2.24, 2.45) is 0 Å². The molecule has 0 spiro atoms. The van der Waals surface area contributed by atoms with Crippen LogP contribution in [-0.2, 0) is 135 Å². The molecule has 0 saturated heterocycles. The van der Waals surface area contributed by atoms with Crippen molar-refractivity contribution < 1.29 is 156 Å². The standard InChI is InChI=1S/C102H113N12O33PS2/c1-102(91(119)120,145-100(129)113-85-35-14-25-75(60-85)50-71-22-11-32-82(57-71)110-97(126)141-64-87(115)62-103-146-149(130)131)66-143-98(127)111-83-33-12-23-72(58-83)48-68-18-7-28-78(53-68)106-93(122)137-40-5-4-39-136-92(121)105-77-27-6-17-67(52-77)47-69-20-10-31-81(56-69)109-96(125)140-46-44-134-43-45-135-89(117)37-2-3-38-90(118)144-99(128)112-84-34-13-24-74(59-84)49-70-19-8-29-79(54-70)107-94(123)138-41-16-42-139-95(124)108-80-30-9-21-73(55-80)51-76-26-15-36-86(61-76)114-101(148)142-65-88(116)63-104-147-150(132)133/h6-15,17-36,52-61,87-88,103-104,114-116,148H,2-5,16,37-51,62-66H2,1H3,(H,105,121)(H,106,122)(H,107,123)(H,108,124)(H,109,125)(H,110,126)(H,111,127)(H,112,128)(H,113,129)(H,119,120)(H,130,131)(H,132,133). The number of unbranched alkanes of at least 4 members (excludes halogenated alkanes) is 2. The van der Waals surface area contributed by atoms with E-state index in [2.05, 4.69) is 81.6 Å². The van der Waals surface area contributed by atoms with Gasteiger partial charge in [0.2, 0.25) is 5.60 Å². The molecule has 0 saturated carbocycles. The van der Waals surface area contributed by atoms with Crippen LogP contribution < -0.4 is 64.1 Å². The van der Waals surface area contributed by atoms with Crippen LogP contribution in [0.1, 0.15) is 108 Å². The van der Waals surface area contributed by atoms with Gasteiger partial charge in [-0.3, -0.25) is 66.5 Å². The van der Waals surface area contributed by atoms with Crippen LogP contribution in [-0.4, -0.2) is 215 Å². The first-order chi connectivity index (χ1) is 72.3. The Labute approximate surface area is 867 Å². The third-order valence-electron chi connectivity index (χ3n) is 20.7. The first-order valence-electron chi connectivity index (χ1n) is 46.6. The number of hydroxylamine groups is 2. The summed E-state index contributed by atoms with van der Waals surface area (Å²) in [6.45, 7) is -1.08. The summed E-state index contributed by atoms with van der Waals surface area (Å²) < 4.78 is 110. The number of carboxylic acids is 1. The third-order valence-corrected chi connectivity index (χ3v) is 21.5. The largest absolute Gasteiger partial charge is 0.478 e. The monoisotopic (exact) mass is 2130 g/mol. The number of carboxylic acid groups (broad SMARTS) is 1. The van der Waals surface area contributed by atoms with Gasteiger partial charge < -0.3 is 77.5 Å². The fourth-order valence-corrected chi connectivity index (χ4v) is 14.4. The van der Waals surface area contributed by atoms with E-state index in [0.717, 1.165) is 57.0 Å². The normalized spacial score (nSPS) is 12.0. The van der Waals surface area contributed by atoms with Crippen LogP contribution in [0.3, 0.4) is 0 Å². The lowest BCUT2D eigenvalue weighted by molar-refractivity contribution is -0.160. The molecule has 17 N–H and O–H groups in total. The van der Waals surface area contributed by atoms with Gasteiger partial charge >= 0.3 is 95.5 Å². The minimum absolute atomic E-state index is 0.00768. The number of benzene rings is 10. The molecule has 0 bridgehead atoms. The Hall–Kier alpha value is -15.9. The van der Waals surface area contributed by atoms with Gasteiger partial charge in [-0.05, 0) is 242 Å². The Morgan fingerprint density at radius 1 is 0.307 bits per heavy atom. The number of hydrogen-bond donors (Lipinski definition) is 17. The van der Waals surface area contributed by atoms with Crippen LogP contribution in [0.15, 0.2) is 243 Å². The van der Waals surface area contributed by atoms with E-state index in [1.165, 1.54) is 0 Å². The number of amides is 9. The SMILES string of the molecule is CC(COC(=O)Nc1cccc(Cc2cccc(NC(=O)OCCCCOC(=O)Nc3cccc(Cc4cccc(NC(=O)OCCOCCOC(=O)CCCCC(=O)OC(=O)Nc5cccc(Cc6cccc(NC(=O)OCCCOC(=O)Nc7cccc(Cc8cccc(NC(=P)OCC(O)CNOS(=O)O)c8)c7)c6)c5)c4)c3)c2)c1)(OC(=O)Nc1cccc(Cc2cccc(NC(=O)OCC(O)CNOS(=O)O)c2)c1)C(=O)O. The van der Waals surface area contributed by atoms with Gasteiger partial charge in [0.15, 0.2) is 5.60 Å². The highest BCUT2D eigenvalue weighted by Crippen LogP contribution is 2.27. The maximum atomic E-state index is 13.1. The zero-order valence-electron chi connectivity index (χ0n) is 80.9. The lowest BCUT2D eigenvalue weighted by atomic mass is 10.0. The topological polar surface area (TPSA) is 614 Å².